The lowest BCUT2D eigenvalue weighted by molar-refractivity contribution is -0.151. The summed E-state index contributed by atoms with van der Waals surface area (Å²) < 4.78 is 10.1. The number of benzene rings is 2. The van der Waals surface area contributed by atoms with Gasteiger partial charge >= 0.3 is 5.97 Å². The number of carbonyl (C=O) groups excluding carboxylic acids is 3. The van der Waals surface area contributed by atoms with Crippen LogP contribution in [0.3, 0.4) is 0 Å². The van der Waals surface area contributed by atoms with Crippen LogP contribution in [0.15, 0.2) is 59.6 Å². The summed E-state index contributed by atoms with van der Waals surface area (Å²) in [7, 11) is 2.78. The molecule has 3 atom stereocenters. The molecule has 0 aromatic heterocycles. The molecule has 0 N–H and O–H groups in total. The topological polar surface area (TPSA) is 85.3 Å². The molecule has 0 saturated carbocycles. The Hall–Kier alpha value is -3.48. The van der Waals surface area contributed by atoms with Crippen molar-refractivity contribution in [2.75, 3.05) is 19.1 Å². The van der Waals surface area contributed by atoms with Gasteiger partial charge in [-0.2, -0.15) is 0 Å². The van der Waals surface area contributed by atoms with Gasteiger partial charge in [-0.05, 0) is 29.8 Å². The van der Waals surface area contributed by atoms with Crippen molar-refractivity contribution in [1.29, 1.82) is 0 Å². The summed E-state index contributed by atoms with van der Waals surface area (Å²) in [5, 5.41) is 0. The number of imide groups is 1. The van der Waals surface area contributed by atoms with E-state index in [1.54, 1.807) is 54.6 Å². The van der Waals surface area contributed by atoms with Crippen molar-refractivity contribution in [3.63, 3.8) is 0 Å². The minimum Gasteiger partial charge on any atom is -0.497 e. The number of hydrogen-bond donors (Lipinski definition) is 0. The van der Waals surface area contributed by atoms with E-state index in [2.05, 4.69) is 4.99 Å². The number of esters is 1. The zero-order valence-electron chi connectivity index (χ0n) is 15.4. The third-order valence-corrected chi connectivity index (χ3v) is 5.28. The summed E-state index contributed by atoms with van der Waals surface area (Å²) in [6.45, 7) is 0. The first-order chi connectivity index (χ1) is 13.5. The summed E-state index contributed by atoms with van der Waals surface area (Å²) >= 11 is 0. The van der Waals surface area contributed by atoms with Gasteiger partial charge in [0, 0.05) is 6.21 Å². The lowest BCUT2D eigenvalue weighted by Crippen LogP contribution is -2.45. The second-order valence-electron chi connectivity index (χ2n) is 6.62. The number of hydrogen-bond acceptors (Lipinski definition) is 6. The average molecular weight is 378 g/mol. The molecule has 4 rings (SSSR count). The molecule has 2 heterocycles. The van der Waals surface area contributed by atoms with Crippen LogP contribution in [0.2, 0.25) is 0 Å². The predicted octanol–water partition coefficient (Wildman–Crippen LogP) is 1.95. The van der Waals surface area contributed by atoms with E-state index in [-0.39, 0.29) is 0 Å². The van der Waals surface area contributed by atoms with Gasteiger partial charge in [0.2, 0.25) is 11.8 Å². The molecule has 2 aromatic carbocycles. The van der Waals surface area contributed by atoms with E-state index in [1.807, 2.05) is 0 Å². The second kappa shape index (κ2) is 6.60. The van der Waals surface area contributed by atoms with E-state index in [4.69, 9.17) is 9.47 Å². The molecule has 2 aromatic rings. The molecule has 0 unspecified atom stereocenters. The molecule has 0 radical (unpaired) electrons. The number of rotatable bonds is 4. The van der Waals surface area contributed by atoms with Crippen molar-refractivity contribution in [2.24, 2.45) is 16.8 Å². The van der Waals surface area contributed by atoms with Crippen LogP contribution >= 0.6 is 0 Å². The van der Waals surface area contributed by atoms with Gasteiger partial charge in [0.25, 0.3) is 0 Å². The van der Waals surface area contributed by atoms with Crippen molar-refractivity contribution in [3.8, 4) is 5.75 Å². The minimum atomic E-state index is -1.57. The standard InChI is InChI=1S/C21H18N2O5/c1-27-15-10-8-14(9-11-15)23-18(24)16-12-22-21(20(26)28-2,17(16)19(23)25)13-6-4-3-5-7-13/h3-12,16-17H,1-2H3/t16-,17+,21+/m1/s1. The van der Waals surface area contributed by atoms with E-state index in [0.717, 1.165) is 4.90 Å². The molecular formula is C21H18N2O5. The van der Waals surface area contributed by atoms with Crippen molar-refractivity contribution in [1.82, 2.24) is 0 Å². The summed E-state index contributed by atoms with van der Waals surface area (Å²) in [4.78, 5) is 44.7. The summed E-state index contributed by atoms with van der Waals surface area (Å²) in [6, 6.07) is 15.3. The number of ether oxygens (including phenoxy) is 2. The Morgan fingerprint density at radius 2 is 1.68 bits per heavy atom. The molecule has 0 bridgehead atoms. The monoisotopic (exact) mass is 378 g/mol. The highest BCUT2D eigenvalue weighted by Crippen LogP contribution is 2.48. The van der Waals surface area contributed by atoms with E-state index in [9.17, 15) is 14.4 Å². The third-order valence-electron chi connectivity index (χ3n) is 5.28. The minimum absolute atomic E-state index is 0.411. The zero-order valence-corrected chi connectivity index (χ0v) is 15.4. The predicted molar refractivity (Wildman–Crippen MR) is 101 cm³/mol. The van der Waals surface area contributed by atoms with Crippen LogP contribution in [0.1, 0.15) is 5.56 Å². The normalized spacial score (nSPS) is 25.7. The molecular weight excluding hydrogens is 360 g/mol. The lowest BCUT2D eigenvalue weighted by atomic mass is 9.76. The molecule has 2 amide bonds. The Morgan fingerprint density at radius 3 is 2.29 bits per heavy atom. The number of methoxy groups -OCH3 is 2. The highest BCUT2D eigenvalue weighted by Gasteiger charge is 2.65. The van der Waals surface area contributed by atoms with Crippen LogP contribution in [-0.4, -0.2) is 38.2 Å². The first kappa shape index (κ1) is 17.9. The maximum Gasteiger partial charge on any atom is 0.339 e. The molecule has 1 saturated heterocycles. The lowest BCUT2D eigenvalue weighted by Gasteiger charge is -2.29. The van der Waals surface area contributed by atoms with Crippen molar-refractivity contribution in [2.45, 2.75) is 5.54 Å². The average Bonchev–Trinajstić information content (AvgIpc) is 3.26. The first-order valence-electron chi connectivity index (χ1n) is 8.75. The molecule has 7 heteroatoms. The summed E-state index contributed by atoms with van der Waals surface area (Å²) in [5.74, 6) is -2.76. The van der Waals surface area contributed by atoms with Crippen LogP contribution < -0.4 is 9.64 Å². The highest BCUT2D eigenvalue weighted by atomic mass is 16.5. The number of nitrogens with zero attached hydrogens (tertiary/aromatic N) is 2. The van der Waals surface area contributed by atoms with Crippen LogP contribution in [0.4, 0.5) is 5.69 Å². The van der Waals surface area contributed by atoms with Gasteiger partial charge in [0.05, 0.1) is 31.7 Å². The van der Waals surface area contributed by atoms with E-state index in [0.29, 0.717) is 17.0 Å². The third kappa shape index (κ3) is 2.36. The fourth-order valence-corrected chi connectivity index (χ4v) is 3.94. The Labute approximate surface area is 161 Å². The van der Waals surface area contributed by atoms with Gasteiger partial charge < -0.3 is 9.47 Å². The van der Waals surface area contributed by atoms with Gasteiger partial charge in [-0.3, -0.25) is 14.6 Å². The van der Waals surface area contributed by atoms with Gasteiger partial charge in [0.15, 0.2) is 5.54 Å². The van der Waals surface area contributed by atoms with Crippen molar-refractivity contribution in [3.05, 3.63) is 60.2 Å². The van der Waals surface area contributed by atoms with Crippen LogP contribution in [0, 0.1) is 11.8 Å². The molecule has 7 nitrogen and oxygen atoms in total. The Kier molecular flexibility index (Phi) is 4.22. The maximum absolute atomic E-state index is 13.3. The SMILES string of the molecule is COC(=O)[C@@]1(c2ccccc2)N=C[C@H]2C(=O)N(c3ccc(OC)cc3)C(=O)[C@H]21. The Balaban J connectivity index is 1.81. The Bertz CT molecular complexity index is 970. The molecule has 28 heavy (non-hydrogen) atoms. The molecule has 0 spiro atoms. The fraction of sp³-hybridized carbons (Fsp3) is 0.238. The van der Waals surface area contributed by atoms with Crippen molar-refractivity contribution < 1.29 is 23.9 Å². The van der Waals surface area contributed by atoms with Gasteiger partial charge in [-0.1, -0.05) is 30.3 Å². The quantitative estimate of drug-likeness (QED) is 0.600. The zero-order chi connectivity index (χ0) is 19.9. The second-order valence-corrected chi connectivity index (χ2v) is 6.62. The van der Waals surface area contributed by atoms with Gasteiger partial charge in [-0.25, -0.2) is 9.69 Å². The smallest absolute Gasteiger partial charge is 0.339 e. The van der Waals surface area contributed by atoms with Crippen molar-refractivity contribution >= 4 is 29.7 Å². The largest absolute Gasteiger partial charge is 0.497 e. The fourth-order valence-electron chi connectivity index (χ4n) is 3.94. The van der Waals surface area contributed by atoms with E-state index >= 15 is 0 Å². The van der Waals surface area contributed by atoms with E-state index in [1.165, 1.54) is 20.4 Å². The molecule has 2 aliphatic heterocycles. The first-order valence-corrected chi connectivity index (χ1v) is 8.75. The van der Waals surface area contributed by atoms with Crippen LogP contribution in [0.5, 0.6) is 5.75 Å². The summed E-state index contributed by atoms with van der Waals surface area (Å²) in [5.41, 5.74) is -0.636. The Morgan fingerprint density at radius 1 is 1.00 bits per heavy atom. The number of anilines is 1. The van der Waals surface area contributed by atoms with Gasteiger partial charge in [0.1, 0.15) is 5.75 Å². The molecule has 0 aliphatic carbocycles. The number of amides is 2. The van der Waals surface area contributed by atoms with Crippen LogP contribution in [0.25, 0.3) is 0 Å². The number of fused-ring (bicyclic) bond motifs is 1. The highest BCUT2D eigenvalue weighted by molar-refractivity contribution is 6.28. The number of aliphatic imine (C=N–C) groups is 1. The molecule has 1 fully saturated rings. The van der Waals surface area contributed by atoms with Gasteiger partial charge in [-0.15, -0.1) is 0 Å². The molecule has 142 valence electrons. The maximum atomic E-state index is 13.3. The molecule has 2 aliphatic rings. The number of carbonyl (C=O) groups is 3. The summed E-state index contributed by atoms with van der Waals surface area (Å²) in [6.07, 6.45) is 1.40. The van der Waals surface area contributed by atoms with E-state index < -0.39 is 35.2 Å². The van der Waals surface area contributed by atoms with Crippen LogP contribution in [-0.2, 0) is 24.7 Å².